The second-order valence-corrected chi connectivity index (χ2v) is 5.58. The molecule has 2 aliphatic rings. The van der Waals surface area contributed by atoms with E-state index in [2.05, 4.69) is 35.5 Å². The van der Waals surface area contributed by atoms with Crippen LogP contribution < -0.4 is 10.1 Å². The van der Waals surface area contributed by atoms with E-state index in [0.29, 0.717) is 5.92 Å². The molecule has 1 N–H and O–H groups in total. The van der Waals surface area contributed by atoms with Crippen LogP contribution >= 0.6 is 0 Å². The lowest BCUT2D eigenvalue weighted by atomic mass is 9.99. The average Bonchev–Trinajstić information content (AvgIpc) is 2.84. The Balaban J connectivity index is 1.56. The molecule has 3 heteroatoms. The SMILES string of the molecule is CN1CCCC(COc2ccc3c(c2)CCN3)C1. The molecule has 3 nitrogen and oxygen atoms in total. The Bertz CT molecular complexity index is 419. The lowest BCUT2D eigenvalue weighted by Gasteiger charge is -2.29. The molecule has 1 aromatic rings. The average molecular weight is 246 g/mol. The van der Waals surface area contributed by atoms with Crippen LogP contribution in [0.1, 0.15) is 18.4 Å². The van der Waals surface area contributed by atoms with E-state index < -0.39 is 0 Å². The van der Waals surface area contributed by atoms with Gasteiger partial charge in [-0.15, -0.1) is 0 Å². The highest BCUT2D eigenvalue weighted by Gasteiger charge is 2.18. The van der Waals surface area contributed by atoms with Crippen molar-refractivity contribution in [1.82, 2.24) is 4.90 Å². The number of ether oxygens (including phenoxy) is 1. The minimum Gasteiger partial charge on any atom is -0.493 e. The molecule has 0 saturated carbocycles. The Kier molecular flexibility index (Phi) is 3.41. The third kappa shape index (κ3) is 2.61. The van der Waals surface area contributed by atoms with Crippen molar-refractivity contribution in [2.45, 2.75) is 19.3 Å². The molecular weight excluding hydrogens is 224 g/mol. The number of anilines is 1. The summed E-state index contributed by atoms with van der Waals surface area (Å²) in [5, 5.41) is 3.38. The number of benzene rings is 1. The molecule has 0 aliphatic carbocycles. The van der Waals surface area contributed by atoms with Crippen LogP contribution in [0.15, 0.2) is 18.2 Å². The summed E-state index contributed by atoms with van der Waals surface area (Å²) in [6, 6.07) is 6.43. The third-order valence-electron chi connectivity index (χ3n) is 3.99. The zero-order chi connectivity index (χ0) is 12.4. The zero-order valence-corrected chi connectivity index (χ0v) is 11.1. The van der Waals surface area contributed by atoms with Gasteiger partial charge in [0.05, 0.1) is 6.61 Å². The summed E-state index contributed by atoms with van der Waals surface area (Å²) in [7, 11) is 2.20. The van der Waals surface area contributed by atoms with E-state index in [1.54, 1.807) is 0 Å². The van der Waals surface area contributed by atoms with Crippen LogP contribution in [-0.4, -0.2) is 38.2 Å². The Hall–Kier alpha value is -1.22. The first kappa shape index (κ1) is 11.8. The first-order valence-electron chi connectivity index (χ1n) is 6.99. The molecule has 0 aromatic heterocycles. The van der Waals surface area contributed by atoms with Crippen molar-refractivity contribution in [3.63, 3.8) is 0 Å². The van der Waals surface area contributed by atoms with Crippen molar-refractivity contribution in [3.8, 4) is 5.75 Å². The minimum absolute atomic E-state index is 0.690. The van der Waals surface area contributed by atoms with Gasteiger partial charge in [-0.25, -0.2) is 0 Å². The predicted octanol–water partition coefficient (Wildman–Crippen LogP) is 2.38. The highest BCUT2D eigenvalue weighted by Crippen LogP contribution is 2.27. The van der Waals surface area contributed by atoms with Crippen molar-refractivity contribution < 1.29 is 4.74 Å². The molecule has 0 spiro atoms. The summed E-state index contributed by atoms with van der Waals surface area (Å²) in [6.07, 6.45) is 3.73. The second kappa shape index (κ2) is 5.19. The Labute approximate surface area is 109 Å². The molecule has 1 unspecified atom stereocenters. The first-order chi connectivity index (χ1) is 8.81. The summed E-state index contributed by atoms with van der Waals surface area (Å²) < 4.78 is 5.96. The molecule has 0 bridgehead atoms. The predicted molar refractivity (Wildman–Crippen MR) is 74.4 cm³/mol. The van der Waals surface area contributed by atoms with E-state index in [0.717, 1.165) is 25.3 Å². The topological polar surface area (TPSA) is 24.5 Å². The summed E-state index contributed by atoms with van der Waals surface area (Å²) in [5.74, 6) is 1.72. The van der Waals surface area contributed by atoms with Crippen LogP contribution in [0, 0.1) is 5.92 Å². The molecular formula is C15H22N2O. The number of piperidine rings is 1. The maximum atomic E-state index is 5.96. The Morgan fingerprint density at radius 1 is 1.44 bits per heavy atom. The summed E-state index contributed by atoms with van der Waals surface area (Å²) in [5.41, 5.74) is 2.67. The molecule has 1 fully saturated rings. The lowest BCUT2D eigenvalue weighted by Crippen LogP contribution is -2.34. The first-order valence-corrected chi connectivity index (χ1v) is 6.99. The Morgan fingerprint density at radius 2 is 2.39 bits per heavy atom. The smallest absolute Gasteiger partial charge is 0.119 e. The number of nitrogens with zero attached hydrogens (tertiary/aromatic N) is 1. The third-order valence-corrected chi connectivity index (χ3v) is 3.99. The van der Waals surface area contributed by atoms with E-state index in [-0.39, 0.29) is 0 Å². The molecule has 2 aliphatic heterocycles. The molecule has 1 aromatic carbocycles. The van der Waals surface area contributed by atoms with Gasteiger partial charge in [-0.3, -0.25) is 0 Å². The Morgan fingerprint density at radius 3 is 3.28 bits per heavy atom. The highest BCUT2D eigenvalue weighted by molar-refractivity contribution is 5.57. The van der Waals surface area contributed by atoms with Gasteiger partial charge in [-0.05, 0) is 56.6 Å². The van der Waals surface area contributed by atoms with E-state index in [1.165, 1.54) is 37.2 Å². The number of fused-ring (bicyclic) bond motifs is 1. The van der Waals surface area contributed by atoms with Gasteiger partial charge in [0.2, 0.25) is 0 Å². The maximum absolute atomic E-state index is 5.96. The molecule has 18 heavy (non-hydrogen) atoms. The van der Waals surface area contributed by atoms with Crippen LogP contribution in [0.2, 0.25) is 0 Å². The van der Waals surface area contributed by atoms with Gasteiger partial charge in [0, 0.05) is 24.7 Å². The summed E-state index contributed by atoms with van der Waals surface area (Å²) in [4.78, 5) is 2.41. The molecule has 0 amide bonds. The number of likely N-dealkylation sites (tertiary alicyclic amines) is 1. The molecule has 3 rings (SSSR count). The van der Waals surface area contributed by atoms with Crippen molar-refractivity contribution >= 4 is 5.69 Å². The van der Waals surface area contributed by atoms with E-state index >= 15 is 0 Å². The van der Waals surface area contributed by atoms with Crippen molar-refractivity contribution in [1.29, 1.82) is 0 Å². The van der Waals surface area contributed by atoms with Crippen LogP contribution in [0.4, 0.5) is 5.69 Å². The number of hydrogen-bond donors (Lipinski definition) is 1. The monoisotopic (exact) mass is 246 g/mol. The molecule has 2 heterocycles. The highest BCUT2D eigenvalue weighted by atomic mass is 16.5. The van der Waals surface area contributed by atoms with Gasteiger partial charge in [0.25, 0.3) is 0 Å². The lowest BCUT2D eigenvalue weighted by molar-refractivity contribution is 0.150. The van der Waals surface area contributed by atoms with Gasteiger partial charge >= 0.3 is 0 Å². The fourth-order valence-electron chi connectivity index (χ4n) is 2.99. The van der Waals surface area contributed by atoms with E-state index in [1.807, 2.05) is 0 Å². The number of nitrogens with one attached hydrogen (secondary N) is 1. The second-order valence-electron chi connectivity index (χ2n) is 5.58. The van der Waals surface area contributed by atoms with Gasteiger partial charge in [0.1, 0.15) is 5.75 Å². The molecule has 1 saturated heterocycles. The van der Waals surface area contributed by atoms with Gasteiger partial charge in [-0.2, -0.15) is 0 Å². The van der Waals surface area contributed by atoms with Crippen LogP contribution in [0.25, 0.3) is 0 Å². The van der Waals surface area contributed by atoms with Gasteiger partial charge in [-0.1, -0.05) is 0 Å². The maximum Gasteiger partial charge on any atom is 0.119 e. The fraction of sp³-hybridized carbons (Fsp3) is 0.600. The minimum atomic E-state index is 0.690. The largest absolute Gasteiger partial charge is 0.493 e. The van der Waals surface area contributed by atoms with E-state index in [4.69, 9.17) is 4.74 Å². The van der Waals surface area contributed by atoms with Crippen LogP contribution in [0.3, 0.4) is 0 Å². The van der Waals surface area contributed by atoms with E-state index in [9.17, 15) is 0 Å². The quantitative estimate of drug-likeness (QED) is 0.886. The zero-order valence-electron chi connectivity index (χ0n) is 11.1. The molecule has 98 valence electrons. The fourth-order valence-corrected chi connectivity index (χ4v) is 2.99. The molecule has 1 atom stereocenters. The standard InChI is InChI=1S/C15H22N2O/c1-17-8-2-3-12(10-17)11-18-14-4-5-15-13(9-14)6-7-16-15/h4-5,9,12,16H,2-3,6-8,10-11H2,1H3. The van der Waals surface area contributed by atoms with Crippen LogP contribution in [0.5, 0.6) is 5.75 Å². The summed E-state index contributed by atoms with van der Waals surface area (Å²) >= 11 is 0. The van der Waals surface area contributed by atoms with Crippen molar-refractivity contribution in [3.05, 3.63) is 23.8 Å². The number of rotatable bonds is 3. The number of hydrogen-bond acceptors (Lipinski definition) is 3. The van der Waals surface area contributed by atoms with Crippen molar-refractivity contribution in [2.24, 2.45) is 5.92 Å². The van der Waals surface area contributed by atoms with Crippen LogP contribution in [-0.2, 0) is 6.42 Å². The van der Waals surface area contributed by atoms with Gasteiger partial charge < -0.3 is 15.0 Å². The van der Waals surface area contributed by atoms with Gasteiger partial charge in [0.15, 0.2) is 0 Å². The summed E-state index contributed by atoms with van der Waals surface area (Å²) in [6.45, 7) is 4.33. The van der Waals surface area contributed by atoms with Crippen molar-refractivity contribution in [2.75, 3.05) is 38.6 Å². The normalized spacial score (nSPS) is 23.5. The molecule has 0 radical (unpaired) electrons.